The molecule has 27 heavy (non-hydrogen) atoms. The third-order valence-electron chi connectivity index (χ3n) is 4.96. The summed E-state index contributed by atoms with van der Waals surface area (Å²) >= 11 is 6.11. The minimum atomic E-state index is -0.327. The van der Waals surface area contributed by atoms with E-state index in [1.807, 2.05) is 30.0 Å². The highest BCUT2D eigenvalue weighted by Crippen LogP contribution is 2.21. The molecule has 0 saturated carbocycles. The number of halogens is 2. The van der Waals surface area contributed by atoms with E-state index < -0.39 is 0 Å². The van der Waals surface area contributed by atoms with Crippen LogP contribution in [0.5, 0.6) is 5.75 Å². The van der Waals surface area contributed by atoms with E-state index in [1.54, 1.807) is 13.2 Å². The molecule has 0 bridgehead atoms. The summed E-state index contributed by atoms with van der Waals surface area (Å²) in [6.45, 7) is 5.56. The Labute approximate surface area is 164 Å². The van der Waals surface area contributed by atoms with Gasteiger partial charge in [0.15, 0.2) is 0 Å². The Kier molecular flexibility index (Phi) is 6.34. The molecule has 0 radical (unpaired) electrons. The molecule has 1 heterocycles. The number of amides is 1. The van der Waals surface area contributed by atoms with Gasteiger partial charge in [0.2, 0.25) is 5.91 Å². The van der Waals surface area contributed by atoms with Gasteiger partial charge in [-0.05, 0) is 41.8 Å². The van der Waals surface area contributed by atoms with Gasteiger partial charge in [0.1, 0.15) is 11.6 Å². The number of ether oxygens (including phenoxy) is 1. The van der Waals surface area contributed by atoms with Crippen molar-refractivity contribution in [2.24, 2.45) is 0 Å². The molecule has 0 atom stereocenters. The Balaban J connectivity index is 1.53. The number of hydrogen-bond acceptors (Lipinski definition) is 3. The van der Waals surface area contributed by atoms with E-state index in [4.69, 9.17) is 16.3 Å². The van der Waals surface area contributed by atoms with Crippen molar-refractivity contribution in [2.45, 2.75) is 19.9 Å². The Morgan fingerprint density at radius 3 is 2.56 bits per heavy atom. The second kappa shape index (κ2) is 8.72. The fourth-order valence-corrected chi connectivity index (χ4v) is 3.53. The standard InChI is InChI=1S/C21H24ClFN2O2/c1-15-3-4-16(11-20(15)27-2)12-21(26)25-9-7-24(8-10-25)14-17-5-6-18(23)13-19(17)22/h3-6,11,13H,7-10,12,14H2,1-2H3. The number of aryl methyl sites for hydroxylation is 1. The lowest BCUT2D eigenvalue weighted by Gasteiger charge is -2.35. The van der Waals surface area contributed by atoms with Gasteiger partial charge in [0, 0.05) is 37.7 Å². The summed E-state index contributed by atoms with van der Waals surface area (Å²) in [5.41, 5.74) is 2.93. The first-order valence-corrected chi connectivity index (χ1v) is 9.41. The number of carbonyl (C=O) groups is 1. The van der Waals surface area contributed by atoms with Crippen LogP contribution in [0.15, 0.2) is 36.4 Å². The zero-order valence-corrected chi connectivity index (χ0v) is 16.4. The molecule has 3 rings (SSSR count). The van der Waals surface area contributed by atoms with E-state index in [9.17, 15) is 9.18 Å². The number of methoxy groups -OCH3 is 1. The van der Waals surface area contributed by atoms with Crippen LogP contribution in [0.25, 0.3) is 0 Å². The highest BCUT2D eigenvalue weighted by Gasteiger charge is 2.22. The highest BCUT2D eigenvalue weighted by atomic mass is 35.5. The molecule has 0 unspecified atom stereocenters. The molecule has 1 fully saturated rings. The lowest BCUT2D eigenvalue weighted by Crippen LogP contribution is -2.48. The van der Waals surface area contributed by atoms with Crippen LogP contribution in [-0.4, -0.2) is 49.0 Å². The minimum absolute atomic E-state index is 0.125. The molecule has 1 aliphatic rings. The highest BCUT2D eigenvalue weighted by molar-refractivity contribution is 6.31. The van der Waals surface area contributed by atoms with Crippen LogP contribution in [0.2, 0.25) is 5.02 Å². The predicted molar refractivity (Wildman–Crippen MR) is 105 cm³/mol. The topological polar surface area (TPSA) is 32.8 Å². The average Bonchev–Trinajstić information content (AvgIpc) is 2.66. The van der Waals surface area contributed by atoms with Gasteiger partial charge >= 0.3 is 0 Å². The smallest absolute Gasteiger partial charge is 0.227 e. The van der Waals surface area contributed by atoms with Crippen LogP contribution in [0, 0.1) is 12.7 Å². The third kappa shape index (κ3) is 4.99. The van der Waals surface area contributed by atoms with Crippen molar-refractivity contribution in [3.8, 4) is 5.75 Å². The summed E-state index contributed by atoms with van der Waals surface area (Å²) in [7, 11) is 1.64. The van der Waals surface area contributed by atoms with E-state index in [-0.39, 0.29) is 11.7 Å². The van der Waals surface area contributed by atoms with Crippen molar-refractivity contribution < 1.29 is 13.9 Å². The largest absolute Gasteiger partial charge is 0.496 e. The van der Waals surface area contributed by atoms with E-state index in [0.717, 1.165) is 35.5 Å². The molecule has 0 aliphatic carbocycles. The fraction of sp³-hybridized carbons (Fsp3) is 0.381. The Bertz CT molecular complexity index is 820. The average molecular weight is 391 g/mol. The molecule has 0 aromatic heterocycles. The van der Waals surface area contributed by atoms with Crippen molar-refractivity contribution >= 4 is 17.5 Å². The number of rotatable bonds is 5. The normalized spacial score (nSPS) is 15.0. The summed E-state index contributed by atoms with van der Waals surface area (Å²) in [6.07, 6.45) is 0.375. The van der Waals surface area contributed by atoms with E-state index >= 15 is 0 Å². The Morgan fingerprint density at radius 2 is 1.89 bits per heavy atom. The predicted octanol–water partition coefficient (Wildman–Crippen LogP) is 3.68. The second-order valence-electron chi connectivity index (χ2n) is 6.87. The minimum Gasteiger partial charge on any atom is -0.496 e. The van der Waals surface area contributed by atoms with E-state index in [2.05, 4.69) is 4.90 Å². The summed E-state index contributed by atoms with van der Waals surface area (Å²) in [4.78, 5) is 16.7. The molecule has 2 aromatic rings. The molecule has 2 aromatic carbocycles. The van der Waals surface area contributed by atoms with Crippen LogP contribution < -0.4 is 4.74 Å². The lowest BCUT2D eigenvalue weighted by molar-refractivity contribution is -0.132. The van der Waals surface area contributed by atoms with Crippen molar-refractivity contribution in [3.63, 3.8) is 0 Å². The van der Waals surface area contributed by atoms with Crippen molar-refractivity contribution in [2.75, 3.05) is 33.3 Å². The summed E-state index contributed by atoms with van der Waals surface area (Å²) in [6, 6.07) is 10.4. The summed E-state index contributed by atoms with van der Waals surface area (Å²) in [5.74, 6) is 0.605. The molecule has 1 saturated heterocycles. The SMILES string of the molecule is COc1cc(CC(=O)N2CCN(Cc3ccc(F)cc3Cl)CC2)ccc1C. The maximum absolute atomic E-state index is 13.2. The van der Waals surface area contributed by atoms with Gasteiger partial charge in [-0.25, -0.2) is 4.39 Å². The molecular weight excluding hydrogens is 367 g/mol. The summed E-state index contributed by atoms with van der Waals surface area (Å²) < 4.78 is 18.5. The van der Waals surface area contributed by atoms with Gasteiger partial charge in [-0.2, -0.15) is 0 Å². The van der Waals surface area contributed by atoms with Crippen LogP contribution in [-0.2, 0) is 17.8 Å². The maximum atomic E-state index is 13.2. The van der Waals surface area contributed by atoms with Gasteiger partial charge in [-0.3, -0.25) is 9.69 Å². The van der Waals surface area contributed by atoms with Crippen LogP contribution in [0.1, 0.15) is 16.7 Å². The first-order valence-electron chi connectivity index (χ1n) is 9.04. The van der Waals surface area contributed by atoms with Gasteiger partial charge in [0.05, 0.1) is 13.5 Å². The Morgan fingerprint density at radius 1 is 1.15 bits per heavy atom. The first kappa shape index (κ1) is 19.6. The fourth-order valence-electron chi connectivity index (χ4n) is 3.31. The van der Waals surface area contributed by atoms with Crippen LogP contribution in [0.4, 0.5) is 4.39 Å². The van der Waals surface area contributed by atoms with Crippen molar-refractivity contribution in [1.82, 2.24) is 9.80 Å². The summed E-state index contributed by atoms with van der Waals surface area (Å²) in [5, 5.41) is 0.446. The van der Waals surface area contributed by atoms with Gasteiger partial charge < -0.3 is 9.64 Å². The van der Waals surface area contributed by atoms with Gasteiger partial charge in [0.25, 0.3) is 0 Å². The number of piperazine rings is 1. The van der Waals surface area contributed by atoms with E-state index in [1.165, 1.54) is 12.1 Å². The van der Waals surface area contributed by atoms with Gasteiger partial charge in [-0.1, -0.05) is 29.8 Å². The number of nitrogens with zero attached hydrogens (tertiary/aromatic N) is 2. The lowest BCUT2D eigenvalue weighted by atomic mass is 10.1. The molecule has 1 amide bonds. The second-order valence-corrected chi connectivity index (χ2v) is 7.28. The quantitative estimate of drug-likeness (QED) is 0.780. The monoisotopic (exact) mass is 390 g/mol. The first-order chi connectivity index (χ1) is 13.0. The van der Waals surface area contributed by atoms with E-state index in [0.29, 0.717) is 31.1 Å². The molecule has 0 spiro atoms. The van der Waals surface area contributed by atoms with Crippen molar-refractivity contribution in [3.05, 3.63) is 63.9 Å². The van der Waals surface area contributed by atoms with Crippen LogP contribution in [0.3, 0.4) is 0 Å². The molecule has 0 N–H and O–H groups in total. The van der Waals surface area contributed by atoms with Gasteiger partial charge in [-0.15, -0.1) is 0 Å². The Hall–Kier alpha value is -2.11. The zero-order valence-electron chi connectivity index (χ0n) is 15.7. The molecule has 1 aliphatic heterocycles. The zero-order chi connectivity index (χ0) is 19.4. The molecule has 4 nitrogen and oxygen atoms in total. The molecule has 144 valence electrons. The number of carbonyl (C=O) groups excluding carboxylic acids is 1. The number of hydrogen-bond donors (Lipinski definition) is 0. The third-order valence-corrected chi connectivity index (χ3v) is 5.31. The molecule has 6 heteroatoms. The van der Waals surface area contributed by atoms with Crippen LogP contribution >= 0.6 is 11.6 Å². The number of benzene rings is 2. The molecular formula is C21H24ClFN2O2. The van der Waals surface area contributed by atoms with Crippen molar-refractivity contribution in [1.29, 1.82) is 0 Å². The maximum Gasteiger partial charge on any atom is 0.227 e.